The molecule has 0 amide bonds. The van der Waals surface area contributed by atoms with Crippen molar-refractivity contribution in [2.45, 2.75) is 105 Å². The van der Waals surface area contributed by atoms with E-state index in [0.29, 0.717) is 34.7 Å². The molecule has 0 radical (unpaired) electrons. The molecule has 0 aromatic heterocycles. The minimum absolute atomic E-state index is 0.175. The van der Waals surface area contributed by atoms with Crippen LogP contribution in [0.1, 0.15) is 99.3 Å². The van der Waals surface area contributed by atoms with Gasteiger partial charge in [0.1, 0.15) is 0 Å². The van der Waals surface area contributed by atoms with Gasteiger partial charge < -0.3 is 10.4 Å². The third-order valence-electron chi connectivity index (χ3n) is 12.9. The van der Waals surface area contributed by atoms with Gasteiger partial charge in [0.2, 0.25) is 0 Å². The Labute approximate surface area is 192 Å². The maximum atomic E-state index is 10.6. The fourth-order valence-electron chi connectivity index (χ4n) is 11.2. The summed E-state index contributed by atoms with van der Waals surface area (Å²) in [6.07, 6.45) is 11.9. The molecule has 2 nitrogen and oxygen atoms in total. The number of hydrogen-bond acceptors (Lipinski definition) is 2. The van der Waals surface area contributed by atoms with Crippen molar-refractivity contribution in [3.63, 3.8) is 0 Å². The Morgan fingerprint density at radius 3 is 2.29 bits per heavy atom. The molecule has 0 aromatic rings. The van der Waals surface area contributed by atoms with E-state index in [2.05, 4.69) is 53.4 Å². The fourth-order valence-corrected chi connectivity index (χ4v) is 11.2. The van der Waals surface area contributed by atoms with Gasteiger partial charge >= 0.3 is 0 Å². The smallest absolute Gasteiger partial charge is 0.0490 e. The molecule has 2 heteroatoms. The molecule has 4 aliphatic carbocycles. The first-order valence-corrected chi connectivity index (χ1v) is 13.5. The van der Waals surface area contributed by atoms with Crippen molar-refractivity contribution in [2.75, 3.05) is 13.2 Å². The molecule has 1 heterocycles. The van der Waals surface area contributed by atoms with E-state index in [-0.39, 0.29) is 11.0 Å². The Morgan fingerprint density at radius 1 is 0.871 bits per heavy atom. The molecule has 5 fully saturated rings. The second-order valence-electron chi connectivity index (χ2n) is 14.1. The van der Waals surface area contributed by atoms with Gasteiger partial charge in [0.15, 0.2) is 0 Å². The summed E-state index contributed by atoms with van der Waals surface area (Å²) in [4.78, 5) is 0. The average Bonchev–Trinajstić information content (AvgIpc) is 3.08. The summed E-state index contributed by atoms with van der Waals surface area (Å²) in [5.74, 6) is 3.67. The fraction of sp³-hybridized carbons (Fsp3) is 0.931. The van der Waals surface area contributed by atoms with Gasteiger partial charge in [0.25, 0.3) is 0 Å². The van der Waals surface area contributed by atoms with E-state index in [0.717, 1.165) is 17.8 Å². The summed E-state index contributed by atoms with van der Waals surface area (Å²) in [5, 5.41) is 14.5. The number of fused-ring (bicyclic) bond motifs is 7. The van der Waals surface area contributed by atoms with Crippen LogP contribution in [-0.4, -0.2) is 23.8 Å². The first kappa shape index (κ1) is 22.5. The first-order chi connectivity index (χ1) is 14.5. The van der Waals surface area contributed by atoms with E-state index in [1.54, 1.807) is 0 Å². The minimum Gasteiger partial charge on any atom is -0.396 e. The summed E-state index contributed by atoms with van der Waals surface area (Å²) >= 11 is 0. The zero-order valence-corrected chi connectivity index (χ0v) is 21.3. The van der Waals surface area contributed by atoms with Crippen LogP contribution >= 0.6 is 0 Å². The quantitative estimate of drug-likeness (QED) is 0.487. The Hall–Kier alpha value is -0.340. The van der Waals surface area contributed by atoms with E-state index < -0.39 is 0 Å². The van der Waals surface area contributed by atoms with Crippen LogP contribution in [0.3, 0.4) is 0 Å². The zero-order chi connectivity index (χ0) is 22.4. The van der Waals surface area contributed by atoms with E-state index >= 15 is 0 Å². The predicted octanol–water partition coefficient (Wildman–Crippen LogP) is 6.59. The Balaban J connectivity index is 1.55. The molecule has 0 spiro atoms. The largest absolute Gasteiger partial charge is 0.396 e. The van der Waals surface area contributed by atoms with Gasteiger partial charge in [-0.1, -0.05) is 32.9 Å². The van der Waals surface area contributed by atoms with Gasteiger partial charge in [0, 0.05) is 12.1 Å². The lowest BCUT2D eigenvalue weighted by atomic mass is 9.33. The van der Waals surface area contributed by atoms with Crippen LogP contribution in [0.5, 0.6) is 0 Å². The van der Waals surface area contributed by atoms with Crippen LogP contribution in [0.25, 0.3) is 0 Å². The molecule has 9 atom stereocenters. The number of allylic oxidation sites excluding steroid dienone is 1. The number of piperidine rings is 1. The molecule has 2 N–H and O–H groups in total. The van der Waals surface area contributed by atoms with E-state index in [4.69, 9.17) is 0 Å². The van der Waals surface area contributed by atoms with Crippen molar-refractivity contribution in [3.05, 3.63) is 12.2 Å². The molecule has 31 heavy (non-hydrogen) atoms. The Bertz CT molecular complexity index is 758. The molecule has 176 valence electrons. The highest BCUT2D eigenvalue weighted by molar-refractivity contribution is 5.21. The van der Waals surface area contributed by atoms with Crippen LogP contribution in [-0.2, 0) is 0 Å². The van der Waals surface area contributed by atoms with Gasteiger partial charge in [-0.15, -0.1) is 0 Å². The molecule has 1 saturated heterocycles. The highest BCUT2D eigenvalue weighted by Crippen LogP contribution is 2.76. The van der Waals surface area contributed by atoms with Crippen molar-refractivity contribution in [2.24, 2.45) is 51.2 Å². The predicted molar refractivity (Wildman–Crippen MR) is 130 cm³/mol. The maximum absolute atomic E-state index is 10.6. The summed E-state index contributed by atoms with van der Waals surface area (Å²) in [7, 11) is 0. The normalized spacial score (nSPS) is 55.5. The van der Waals surface area contributed by atoms with E-state index in [9.17, 15) is 5.11 Å². The molecule has 0 unspecified atom stereocenters. The molecule has 0 aromatic carbocycles. The number of rotatable bonds is 2. The topological polar surface area (TPSA) is 32.3 Å². The van der Waals surface area contributed by atoms with Crippen molar-refractivity contribution >= 4 is 0 Å². The van der Waals surface area contributed by atoms with Gasteiger partial charge in [-0.2, -0.15) is 0 Å². The van der Waals surface area contributed by atoms with Crippen molar-refractivity contribution < 1.29 is 5.11 Å². The van der Waals surface area contributed by atoms with Gasteiger partial charge in [-0.05, 0) is 136 Å². The third kappa shape index (κ3) is 2.70. The van der Waals surface area contributed by atoms with Crippen LogP contribution in [0.15, 0.2) is 12.2 Å². The van der Waals surface area contributed by atoms with E-state index in [1.807, 2.05) is 0 Å². The highest BCUT2D eigenvalue weighted by atomic mass is 16.3. The standard InChI is InChI=1S/C29H49NO/c1-19(2)20-10-13-29(18-31)15-14-27(6)21(24(20)29)8-9-23-26(5)16-17-30-25(3,4)22(26)11-12-28(23,27)7/h20-24,30-31H,1,8-18H2,2-7H3/t20-,21+,22-,23+,24+,26-,27+,28+,29+/m0/s1. The molecule has 5 aliphatic rings. The SMILES string of the molecule is C=C(C)[C@@H]1CC[C@]2(CO)CC[C@]3(C)[C@H](CC[C@@H]4[C@@]5(C)CCNC(C)(C)[C@@H]5CC[C@]43C)[C@@H]12. The number of aliphatic hydroxyl groups excluding tert-OH is 1. The maximum Gasteiger partial charge on any atom is 0.0490 e. The molecule has 4 saturated carbocycles. The third-order valence-corrected chi connectivity index (χ3v) is 12.9. The highest BCUT2D eigenvalue weighted by Gasteiger charge is 2.70. The summed E-state index contributed by atoms with van der Waals surface area (Å²) in [6.45, 7) is 21.3. The summed E-state index contributed by atoms with van der Waals surface area (Å²) in [5.41, 5.74) is 3.12. The molecular weight excluding hydrogens is 378 g/mol. The lowest BCUT2D eigenvalue weighted by Crippen LogP contribution is -2.69. The zero-order valence-electron chi connectivity index (χ0n) is 21.3. The summed E-state index contributed by atoms with van der Waals surface area (Å²) < 4.78 is 0. The van der Waals surface area contributed by atoms with Crippen LogP contribution < -0.4 is 5.32 Å². The lowest BCUT2D eigenvalue weighted by molar-refractivity contribution is -0.233. The van der Waals surface area contributed by atoms with Crippen LogP contribution in [0.4, 0.5) is 0 Å². The molecule has 1 aliphatic heterocycles. The van der Waals surface area contributed by atoms with Crippen molar-refractivity contribution in [3.8, 4) is 0 Å². The summed E-state index contributed by atoms with van der Waals surface area (Å²) in [6, 6.07) is 0. The first-order valence-electron chi connectivity index (χ1n) is 13.5. The second kappa shape index (κ2) is 6.84. The van der Waals surface area contributed by atoms with Gasteiger partial charge in [-0.3, -0.25) is 0 Å². The minimum atomic E-state index is 0.175. The number of hydrogen-bond donors (Lipinski definition) is 2. The van der Waals surface area contributed by atoms with Gasteiger partial charge in [-0.25, -0.2) is 0 Å². The lowest BCUT2D eigenvalue weighted by Gasteiger charge is -2.72. The van der Waals surface area contributed by atoms with E-state index in [1.165, 1.54) is 69.9 Å². The Kier molecular flexibility index (Phi) is 4.96. The molecular formula is C29H49NO. The number of aliphatic hydroxyl groups is 1. The Morgan fingerprint density at radius 2 is 1.61 bits per heavy atom. The van der Waals surface area contributed by atoms with Gasteiger partial charge in [0.05, 0.1) is 0 Å². The van der Waals surface area contributed by atoms with Crippen LogP contribution in [0, 0.1) is 51.2 Å². The monoisotopic (exact) mass is 427 g/mol. The van der Waals surface area contributed by atoms with Crippen molar-refractivity contribution in [1.82, 2.24) is 5.32 Å². The molecule has 0 bridgehead atoms. The van der Waals surface area contributed by atoms with Crippen molar-refractivity contribution in [1.29, 1.82) is 0 Å². The molecule has 5 rings (SSSR count). The van der Waals surface area contributed by atoms with Crippen LogP contribution in [0.2, 0.25) is 0 Å². The average molecular weight is 428 g/mol. The number of nitrogens with one attached hydrogen (secondary N) is 1. The second-order valence-corrected chi connectivity index (χ2v) is 14.1.